The van der Waals surface area contributed by atoms with Crippen LogP contribution in [0.2, 0.25) is 0 Å². The van der Waals surface area contributed by atoms with Crippen molar-refractivity contribution in [2.75, 3.05) is 26.7 Å². The van der Waals surface area contributed by atoms with Crippen LogP contribution in [0, 0.1) is 5.82 Å². The van der Waals surface area contributed by atoms with E-state index in [1.165, 1.54) is 13.2 Å². The highest BCUT2D eigenvalue weighted by atomic mass is 19.1. The molecule has 2 rings (SSSR count). The molecule has 5 nitrogen and oxygen atoms in total. The lowest BCUT2D eigenvalue weighted by molar-refractivity contribution is -0.140. The van der Waals surface area contributed by atoms with Crippen LogP contribution >= 0.6 is 0 Å². The van der Waals surface area contributed by atoms with Gasteiger partial charge in [0, 0.05) is 18.5 Å². The van der Waals surface area contributed by atoms with E-state index in [4.69, 9.17) is 0 Å². The van der Waals surface area contributed by atoms with Crippen LogP contribution in [0.15, 0.2) is 29.3 Å². The summed E-state index contributed by atoms with van der Waals surface area (Å²) in [7, 11) is 1.37. The van der Waals surface area contributed by atoms with Gasteiger partial charge in [0.15, 0.2) is 5.96 Å². The van der Waals surface area contributed by atoms with Gasteiger partial charge < -0.3 is 15.4 Å². The molecule has 0 aliphatic heterocycles. The van der Waals surface area contributed by atoms with Crippen molar-refractivity contribution in [2.24, 2.45) is 4.99 Å². The van der Waals surface area contributed by atoms with Crippen LogP contribution < -0.4 is 10.6 Å². The van der Waals surface area contributed by atoms with Crippen LogP contribution in [-0.2, 0) is 14.9 Å². The van der Waals surface area contributed by atoms with Gasteiger partial charge in [0.2, 0.25) is 0 Å². The monoisotopic (exact) mass is 321 g/mol. The number of rotatable bonds is 7. The highest BCUT2D eigenvalue weighted by Gasteiger charge is 2.45. The van der Waals surface area contributed by atoms with Crippen molar-refractivity contribution in [1.82, 2.24) is 10.6 Å². The minimum atomic E-state index is -0.265. The van der Waals surface area contributed by atoms with Crippen LogP contribution in [0.25, 0.3) is 0 Å². The molecule has 2 N–H and O–H groups in total. The van der Waals surface area contributed by atoms with Crippen molar-refractivity contribution >= 4 is 11.9 Å². The smallest absolute Gasteiger partial charge is 0.307 e. The minimum absolute atomic E-state index is 0.163. The van der Waals surface area contributed by atoms with Gasteiger partial charge in [0.25, 0.3) is 0 Å². The van der Waals surface area contributed by atoms with Gasteiger partial charge in [-0.2, -0.15) is 0 Å². The SMILES string of the molecule is CCNC(=NCC1(c2ccccc2F)CC1)NCCC(=O)OC. The largest absolute Gasteiger partial charge is 0.469 e. The first-order valence-corrected chi connectivity index (χ1v) is 7.95. The van der Waals surface area contributed by atoms with Crippen molar-refractivity contribution in [1.29, 1.82) is 0 Å². The molecule has 1 saturated carbocycles. The molecule has 0 aromatic heterocycles. The van der Waals surface area contributed by atoms with Crippen molar-refractivity contribution in [3.63, 3.8) is 0 Å². The Hall–Kier alpha value is -2.11. The number of nitrogens with one attached hydrogen (secondary N) is 2. The summed E-state index contributed by atoms with van der Waals surface area (Å²) in [4.78, 5) is 15.7. The lowest BCUT2D eigenvalue weighted by atomic mass is 9.95. The Morgan fingerprint density at radius 3 is 2.70 bits per heavy atom. The van der Waals surface area contributed by atoms with Crippen molar-refractivity contribution in [3.8, 4) is 0 Å². The van der Waals surface area contributed by atoms with Crippen molar-refractivity contribution < 1.29 is 13.9 Å². The van der Waals surface area contributed by atoms with Crippen LogP contribution in [0.5, 0.6) is 0 Å². The number of aliphatic imine (C=N–C) groups is 1. The van der Waals surface area contributed by atoms with E-state index in [0.29, 0.717) is 19.0 Å². The third kappa shape index (κ3) is 4.68. The molecule has 126 valence electrons. The van der Waals surface area contributed by atoms with E-state index in [1.807, 2.05) is 19.1 Å². The molecule has 0 atom stereocenters. The average molecular weight is 321 g/mol. The Labute approximate surface area is 136 Å². The highest BCUT2D eigenvalue weighted by Crippen LogP contribution is 2.49. The number of nitrogens with zero attached hydrogens (tertiary/aromatic N) is 1. The number of carbonyl (C=O) groups excluding carboxylic acids is 1. The van der Waals surface area contributed by atoms with Gasteiger partial charge in [-0.1, -0.05) is 18.2 Å². The molecule has 0 heterocycles. The average Bonchev–Trinajstić information content (AvgIpc) is 3.33. The molecule has 6 heteroatoms. The number of guanidine groups is 1. The van der Waals surface area contributed by atoms with Gasteiger partial charge in [-0.15, -0.1) is 0 Å². The fourth-order valence-electron chi connectivity index (χ4n) is 2.51. The first-order valence-electron chi connectivity index (χ1n) is 7.95. The van der Waals surface area contributed by atoms with Crippen molar-refractivity contribution in [2.45, 2.75) is 31.6 Å². The third-order valence-electron chi connectivity index (χ3n) is 4.03. The van der Waals surface area contributed by atoms with E-state index < -0.39 is 0 Å². The van der Waals surface area contributed by atoms with E-state index in [9.17, 15) is 9.18 Å². The van der Waals surface area contributed by atoms with Crippen LogP contribution in [0.4, 0.5) is 4.39 Å². The molecule has 0 saturated heterocycles. The summed E-state index contributed by atoms with van der Waals surface area (Å²) in [6.45, 7) is 3.67. The summed E-state index contributed by atoms with van der Waals surface area (Å²) in [5.74, 6) is 0.209. The maximum absolute atomic E-state index is 14.0. The predicted molar refractivity (Wildman–Crippen MR) is 87.9 cm³/mol. The maximum atomic E-state index is 14.0. The highest BCUT2D eigenvalue weighted by molar-refractivity contribution is 5.80. The molecule has 1 aromatic carbocycles. The van der Waals surface area contributed by atoms with Gasteiger partial charge in [0.1, 0.15) is 5.82 Å². The zero-order chi connectivity index (χ0) is 16.7. The number of benzene rings is 1. The molecular formula is C17H24FN3O2. The van der Waals surface area contributed by atoms with Crippen LogP contribution in [0.3, 0.4) is 0 Å². The molecular weight excluding hydrogens is 297 g/mol. The zero-order valence-corrected chi connectivity index (χ0v) is 13.7. The third-order valence-corrected chi connectivity index (χ3v) is 4.03. The summed E-state index contributed by atoms with van der Waals surface area (Å²) < 4.78 is 18.6. The van der Waals surface area contributed by atoms with E-state index in [2.05, 4.69) is 20.4 Å². The second-order valence-corrected chi connectivity index (χ2v) is 5.71. The van der Waals surface area contributed by atoms with Gasteiger partial charge >= 0.3 is 5.97 Å². The topological polar surface area (TPSA) is 62.7 Å². The van der Waals surface area contributed by atoms with Crippen molar-refractivity contribution in [3.05, 3.63) is 35.6 Å². The Morgan fingerprint density at radius 1 is 1.35 bits per heavy atom. The predicted octanol–water partition coefficient (Wildman–Crippen LogP) is 1.98. The van der Waals surface area contributed by atoms with Gasteiger partial charge in [-0.05, 0) is 31.4 Å². The molecule has 0 bridgehead atoms. The van der Waals surface area contributed by atoms with Gasteiger partial charge in [-0.25, -0.2) is 4.39 Å². The lowest BCUT2D eigenvalue weighted by Gasteiger charge is -2.16. The first kappa shape index (κ1) is 17.2. The minimum Gasteiger partial charge on any atom is -0.469 e. The second-order valence-electron chi connectivity index (χ2n) is 5.71. The Kier molecular flexibility index (Phi) is 5.96. The molecule has 0 spiro atoms. The summed E-state index contributed by atoms with van der Waals surface area (Å²) in [6, 6.07) is 6.91. The van der Waals surface area contributed by atoms with Gasteiger partial charge in [0.05, 0.1) is 20.1 Å². The molecule has 1 aliphatic carbocycles. The van der Waals surface area contributed by atoms with Crippen LogP contribution in [0.1, 0.15) is 31.7 Å². The number of hydrogen-bond acceptors (Lipinski definition) is 3. The van der Waals surface area contributed by atoms with E-state index in [1.54, 1.807) is 6.07 Å². The fraction of sp³-hybridized carbons (Fsp3) is 0.529. The second kappa shape index (κ2) is 7.94. The molecule has 1 aromatic rings. The number of methoxy groups -OCH3 is 1. The quantitative estimate of drug-likeness (QED) is 0.458. The summed E-state index contributed by atoms with van der Waals surface area (Å²) in [5, 5.41) is 6.23. The number of carbonyl (C=O) groups is 1. The lowest BCUT2D eigenvalue weighted by Crippen LogP contribution is -2.39. The first-order chi connectivity index (χ1) is 11.1. The molecule has 0 radical (unpaired) electrons. The van der Waals surface area contributed by atoms with E-state index >= 15 is 0 Å². The van der Waals surface area contributed by atoms with Crippen LogP contribution in [-0.4, -0.2) is 38.7 Å². The van der Waals surface area contributed by atoms with E-state index in [-0.39, 0.29) is 23.6 Å². The molecule has 1 aliphatic rings. The zero-order valence-electron chi connectivity index (χ0n) is 13.7. The molecule has 23 heavy (non-hydrogen) atoms. The normalized spacial score (nSPS) is 15.9. The number of esters is 1. The van der Waals surface area contributed by atoms with Gasteiger partial charge in [-0.3, -0.25) is 9.79 Å². The summed E-state index contributed by atoms with van der Waals surface area (Å²) in [6.07, 6.45) is 2.16. The Balaban J connectivity index is 1.97. The fourth-order valence-corrected chi connectivity index (χ4v) is 2.51. The molecule has 0 amide bonds. The maximum Gasteiger partial charge on any atom is 0.307 e. The summed E-state index contributed by atoms with van der Waals surface area (Å²) in [5.41, 5.74) is 0.560. The molecule has 0 unspecified atom stereocenters. The standard InChI is InChI=1S/C17H24FN3O2/c1-3-19-16(20-11-8-15(22)23-2)21-12-17(9-10-17)13-6-4-5-7-14(13)18/h4-7H,3,8-12H2,1-2H3,(H2,19,20,21). The van der Waals surface area contributed by atoms with E-state index in [0.717, 1.165) is 24.9 Å². The number of halogens is 1. The molecule has 1 fully saturated rings. The Bertz CT molecular complexity index is 571. The Morgan fingerprint density at radius 2 is 2.09 bits per heavy atom. The number of ether oxygens (including phenoxy) is 1. The number of hydrogen-bond donors (Lipinski definition) is 2. The summed E-state index contributed by atoms with van der Waals surface area (Å²) >= 11 is 0.